The molecule has 0 radical (unpaired) electrons. The molecule has 0 bridgehead atoms. The quantitative estimate of drug-likeness (QED) is 0.738. The fourth-order valence-corrected chi connectivity index (χ4v) is 2.76. The topological polar surface area (TPSA) is 20.3 Å². The Morgan fingerprint density at radius 1 is 1.19 bits per heavy atom. The molecule has 0 aromatic rings. The number of ketones is 1. The van der Waals surface area contributed by atoms with Crippen LogP contribution < -0.4 is 0 Å². The van der Waals surface area contributed by atoms with Gasteiger partial charge < -0.3 is 0 Å². The molecule has 0 spiro atoms. The summed E-state index contributed by atoms with van der Waals surface area (Å²) in [4.78, 5) is 14.3. The number of hydrogen-bond donors (Lipinski definition) is 0. The number of alkyl halides is 1. The number of nitrogens with zero attached hydrogens (tertiary/aromatic N) is 1. The van der Waals surface area contributed by atoms with Crippen molar-refractivity contribution in [3.63, 3.8) is 0 Å². The predicted octanol–water partition coefficient (Wildman–Crippen LogP) is 2.67. The minimum atomic E-state index is -0.680. The zero-order chi connectivity index (χ0) is 12.3. The average molecular weight is 229 g/mol. The average Bonchev–Trinajstić information content (AvgIpc) is 2.17. The third-order valence-corrected chi connectivity index (χ3v) is 3.54. The molecule has 16 heavy (non-hydrogen) atoms. The van der Waals surface area contributed by atoms with Gasteiger partial charge in [-0.2, -0.15) is 0 Å². The third-order valence-electron chi connectivity index (χ3n) is 3.54. The van der Waals surface area contributed by atoms with E-state index in [0.717, 1.165) is 12.8 Å². The SMILES string of the molecule is CC(C)C(C(=O)C1CCC(F)CC1)N(C)C. The maximum absolute atomic E-state index is 13.0. The number of carbonyl (C=O) groups is 1. The minimum absolute atomic E-state index is 0.0128. The van der Waals surface area contributed by atoms with E-state index in [4.69, 9.17) is 0 Å². The van der Waals surface area contributed by atoms with Gasteiger partial charge in [0.15, 0.2) is 5.78 Å². The van der Waals surface area contributed by atoms with Crippen molar-refractivity contribution < 1.29 is 9.18 Å². The maximum Gasteiger partial charge on any atom is 0.153 e. The number of rotatable bonds is 4. The Morgan fingerprint density at radius 3 is 2.06 bits per heavy atom. The summed E-state index contributed by atoms with van der Waals surface area (Å²) in [7, 11) is 3.90. The lowest BCUT2D eigenvalue weighted by Gasteiger charge is -2.32. The van der Waals surface area contributed by atoms with Crippen LogP contribution in [0, 0.1) is 11.8 Å². The second-order valence-corrected chi connectivity index (χ2v) is 5.50. The molecule has 1 rings (SSSR count). The second-order valence-electron chi connectivity index (χ2n) is 5.50. The van der Waals surface area contributed by atoms with E-state index in [2.05, 4.69) is 13.8 Å². The van der Waals surface area contributed by atoms with Crippen LogP contribution in [0.25, 0.3) is 0 Å². The highest BCUT2D eigenvalue weighted by Gasteiger charge is 2.33. The Hall–Kier alpha value is -0.440. The largest absolute Gasteiger partial charge is 0.300 e. The first-order valence-electron chi connectivity index (χ1n) is 6.27. The lowest BCUT2D eigenvalue weighted by molar-refractivity contribution is -0.130. The van der Waals surface area contributed by atoms with Crippen molar-refractivity contribution in [3.8, 4) is 0 Å². The Kier molecular flexibility index (Phi) is 4.90. The van der Waals surface area contributed by atoms with Gasteiger partial charge in [-0.25, -0.2) is 4.39 Å². The summed E-state index contributed by atoms with van der Waals surface area (Å²) in [6.07, 6.45) is 1.91. The predicted molar refractivity (Wildman–Crippen MR) is 64.2 cm³/mol. The highest BCUT2D eigenvalue weighted by atomic mass is 19.1. The normalized spacial score (nSPS) is 28.4. The van der Waals surface area contributed by atoms with Crippen LogP contribution in [-0.4, -0.2) is 37.0 Å². The van der Waals surface area contributed by atoms with Crippen LogP contribution in [0.4, 0.5) is 4.39 Å². The van der Waals surface area contributed by atoms with Crippen LogP contribution in [-0.2, 0) is 4.79 Å². The van der Waals surface area contributed by atoms with Gasteiger partial charge in [-0.1, -0.05) is 13.8 Å². The van der Waals surface area contributed by atoms with Gasteiger partial charge in [-0.15, -0.1) is 0 Å². The molecule has 3 heteroatoms. The molecule has 0 aliphatic heterocycles. The van der Waals surface area contributed by atoms with Gasteiger partial charge in [0.05, 0.1) is 6.04 Å². The lowest BCUT2D eigenvalue weighted by atomic mass is 9.80. The first kappa shape index (κ1) is 13.6. The monoisotopic (exact) mass is 229 g/mol. The van der Waals surface area contributed by atoms with Crippen molar-refractivity contribution in [2.24, 2.45) is 11.8 Å². The number of likely N-dealkylation sites (N-methyl/N-ethyl adjacent to an activating group) is 1. The molecule has 0 saturated heterocycles. The van der Waals surface area contributed by atoms with E-state index < -0.39 is 6.17 Å². The standard InChI is InChI=1S/C13H24FNO/c1-9(2)12(15(3)4)13(16)10-5-7-11(14)8-6-10/h9-12H,5-8H2,1-4H3. The molecule has 1 aliphatic carbocycles. The smallest absolute Gasteiger partial charge is 0.153 e. The Balaban J connectivity index is 2.61. The fraction of sp³-hybridized carbons (Fsp3) is 0.923. The molecule has 1 aliphatic rings. The van der Waals surface area contributed by atoms with Crippen LogP contribution in [0.15, 0.2) is 0 Å². The molecule has 1 saturated carbocycles. The van der Waals surface area contributed by atoms with E-state index in [1.165, 1.54) is 0 Å². The summed E-state index contributed by atoms with van der Waals surface area (Å²) in [5.74, 6) is 0.722. The second kappa shape index (κ2) is 5.76. The zero-order valence-corrected chi connectivity index (χ0v) is 10.9. The summed E-state index contributed by atoms with van der Waals surface area (Å²) >= 11 is 0. The summed E-state index contributed by atoms with van der Waals surface area (Å²) in [5.41, 5.74) is 0. The molecular formula is C13H24FNO. The van der Waals surface area contributed by atoms with Crippen LogP contribution >= 0.6 is 0 Å². The van der Waals surface area contributed by atoms with Gasteiger partial charge in [-0.3, -0.25) is 9.69 Å². The lowest BCUT2D eigenvalue weighted by Crippen LogP contribution is -2.44. The van der Waals surface area contributed by atoms with Crippen molar-refractivity contribution in [3.05, 3.63) is 0 Å². The molecule has 94 valence electrons. The minimum Gasteiger partial charge on any atom is -0.300 e. The molecule has 0 heterocycles. The van der Waals surface area contributed by atoms with E-state index in [9.17, 15) is 9.18 Å². The van der Waals surface area contributed by atoms with Crippen LogP contribution in [0.2, 0.25) is 0 Å². The molecule has 0 aromatic heterocycles. The Morgan fingerprint density at radius 2 is 1.69 bits per heavy atom. The molecule has 0 amide bonds. The molecule has 0 N–H and O–H groups in total. The highest BCUT2D eigenvalue weighted by Crippen LogP contribution is 2.29. The van der Waals surface area contributed by atoms with Crippen molar-refractivity contribution in [2.75, 3.05) is 14.1 Å². The number of Topliss-reactive ketones (excluding diaryl/α,β-unsaturated/α-hetero) is 1. The van der Waals surface area contributed by atoms with Gasteiger partial charge in [0, 0.05) is 5.92 Å². The first-order chi connectivity index (χ1) is 7.43. The molecule has 1 unspecified atom stereocenters. The number of carbonyl (C=O) groups excluding carboxylic acids is 1. The molecule has 2 nitrogen and oxygen atoms in total. The summed E-state index contributed by atoms with van der Waals surface area (Å²) in [6, 6.07) is -0.0128. The molecule has 1 atom stereocenters. The highest BCUT2D eigenvalue weighted by molar-refractivity contribution is 5.86. The van der Waals surface area contributed by atoms with Gasteiger partial charge in [0.25, 0.3) is 0 Å². The van der Waals surface area contributed by atoms with Crippen LogP contribution in [0.1, 0.15) is 39.5 Å². The van der Waals surface area contributed by atoms with Crippen LogP contribution in [0.3, 0.4) is 0 Å². The molecule has 0 aromatic carbocycles. The summed E-state index contributed by atoms with van der Waals surface area (Å²) < 4.78 is 13.0. The summed E-state index contributed by atoms with van der Waals surface area (Å²) in [5, 5.41) is 0. The van der Waals surface area contributed by atoms with Gasteiger partial charge in [0.2, 0.25) is 0 Å². The number of hydrogen-bond acceptors (Lipinski definition) is 2. The third kappa shape index (κ3) is 3.27. The van der Waals surface area contributed by atoms with E-state index in [1.807, 2.05) is 19.0 Å². The van der Waals surface area contributed by atoms with Gasteiger partial charge in [-0.05, 0) is 45.7 Å². The molecule has 1 fully saturated rings. The Labute approximate surface area is 98.2 Å². The van der Waals surface area contributed by atoms with E-state index in [1.54, 1.807) is 0 Å². The van der Waals surface area contributed by atoms with Crippen molar-refractivity contribution in [1.29, 1.82) is 0 Å². The van der Waals surface area contributed by atoms with Crippen molar-refractivity contribution >= 4 is 5.78 Å². The van der Waals surface area contributed by atoms with Crippen molar-refractivity contribution in [2.45, 2.75) is 51.7 Å². The maximum atomic E-state index is 13.0. The Bertz CT molecular complexity index is 224. The van der Waals surface area contributed by atoms with E-state index >= 15 is 0 Å². The van der Waals surface area contributed by atoms with Crippen molar-refractivity contribution in [1.82, 2.24) is 4.90 Å². The van der Waals surface area contributed by atoms with Crippen LogP contribution in [0.5, 0.6) is 0 Å². The summed E-state index contributed by atoms with van der Waals surface area (Å²) in [6.45, 7) is 4.15. The molecular weight excluding hydrogens is 205 g/mol. The zero-order valence-electron chi connectivity index (χ0n) is 10.9. The fourth-order valence-electron chi connectivity index (χ4n) is 2.76. The van der Waals surface area contributed by atoms with E-state index in [0.29, 0.717) is 24.5 Å². The first-order valence-corrected chi connectivity index (χ1v) is 6.27. The van der Waals surface area contributed by atoms with Gasteiger partial charge in [0.1, 0.15) is 6.17 Å². The van der Waals surface area contributed by atoms with Gasteiger partial charge >= 0.3 is 0 Å². The van der Waals surface area contributed by atoms with E-state index in [-0.39, 0.29) is 12.0 Å². The number of halogens is 1.